The van der Waals surface area contributed by atoms with Gasteiger partial charge in [-0.3, -0.25) is 4.79 Å². The highest BCUT2D eigenvalue weighted by Gasteiger charge is 2.23. The average Bonchev–Trinajstić information content (AvgIpc) is 2.38. The highest BCUT2D eigenvalue weighted by atomic mass is 35.5. The molecule has 0 aliphatic carbocycles. The zero-order chi connectivity index (χ0) is 16.2. The van der Waals surface area contributed by atoms with Gasteiger partial charge in [-0.05, 0) is 25.5 Å². The number of amides is 2. The van der Waals surface area contributed by atoms with Crippen molar-refractivity contribution < 1.29 is 19.1 Å². The van der Waals surface area contributed by atoms with Crippen LogP contribution in [0.25, 0.3) is 0 Å². The van der Waals surface area contributed by atoms with Crippen LogP contribution >= 0.6 is 23.2 Å². The number of hydrogen-bond donors (Lipinski definition) is 2. The zero-order valence-corrected chi connectivity index (χ0v) is 13.0. The standard InChI is InChI=1S/C13H15Cl2FN2O3/c1-3-7(2)18(6-11(19)20)13(21)17-12-9(14)4-8(16)5-10(12)15/h4-5,7H,3,6H2,1-2H3,(H,17,21)(H,19,20). The molecule has 5 nitrogen and oxygen atoms in total. The largest absolute Gasteiger partial charge is 0.480 e. The minimum atomic E-state index is -1.14. The number of aliphatic carboxylic acids is 1. The van der Waals surface area contributed by atoms with Gasteiger partial charge < -0.3 is 15.3 Å². The van der Waals surface area contributed by atoms with E-state index in [9.17, 15) is 14.0 Å². The van der Waals surface area contributed by atoms with E-state index >= 15 is 0 Å². The van der Waals surface area contributed by atoms with Crippen molar-refractivity contribution in [1.82, 2.24) is 4.90 Å². The molecular weight excluding hydrogens is 322 g/mol. The summed E-state index contributed by atoms with van der Waals surface area (Å²) in [6.07, 6.45) is 0.575. The summed E-state index contributed by atoms with van der Waals surface area (Å²) in [6.45, 7) is 3.08. The van der Waals surface area contributed by atoms with Gasteiger partial charge in [0.2, 0.25) is 0 Å². The third-order valence-electron chi connectivity index (χ3n) is 2.93. The second-order valence-corrected chi connectivity index (χ2v) is 5.27. The van der Waals surface area contributed by atoms with Crippen LogP contribution in [0.5, 0.6) is 0 Å². The molecule has 116 valence electrons. The Balaban J connectivity index is 2.99. The molecule has 1 rings (SSSR count). The Morgan fingerprint density at radius 2 is 1.90 bits per heavy atom. The van der Waals surface area contributed by atoms with Gasteiger partial charge in [-0.25, -0.2) is 9.18 Å². The lowest BCUT2D eigenvalue weighted by Crippen LogP contribution is -2.44. The molecule has 0 aliphatic heterocycles. The number of urea groups is 1. The summed E-state index contributed by atoms with van der Waals surface area (Å²) >= 11 is 11.7. The van der Waals surface area contributed by atoms with Crippen molar-refractivity contribution >= 4 is 40.9 Å². The van der Waals surface area contributed by atoms with Gasteiger partial charge in [0.05, 0.1) is 15.7 Å². The molecule has 8 heteroatoms. The molecular formula is C13H15Cl2FN2O3. The molecule has 21 heavy (non-hydrogen) atoms. The Labute approximate surface area is 131 Å². The van der Waals surface area contributed by atoms with Gasteiger partial charge in [-0.2, -0.15) is 0 Å². The van der Waals surface area contributed by atoms with Crippen LogP contribution in [0.15, 0.2) is 12.1 Å². The minimum absolute atomic E-state index is 0.0448. The van der Waals surface area contributed by atoms with Crippen LogP contribution in [-0.4, -0.2) is 34.6 Å². The average molecular weight is 337 g/mol. The lowest BCUT2D eigenvalue weighted by atomic mass is 10.2. The molecule has 0 saturated heterocycles. The number of anilines is 1. The third kappa shape index (κ3) is 4.75. The first-order valence-corrected chi connectivity index (χ1v) is 6.95. The number of carboxylic acids is 1. The van der Waals surface area contributed by atoms with E-state index < -0.39 is 24.4 Å². The molecule has 2 N–H and O–H groups in total. The summed E-state index contributed by atoms with van der Waals surface area (Å²) in [6, 6.07) is 1.06. The van der Waals surface area contributed by atoms with Gasteiger partial charge in [0, 0.05) is 6.04 Å². The maximum Gasteiger partial charge on any atom is 0.323 e. The molecule has 0 aliphatic rings. The van der Waals surface area contributed by atoms with E-state index in [0.717, 1.165) is 17.0 Å². The summed E-state index contributed by atoms with van der Waals surface area (Å²) in [5, 5.41) is 11.2. The molecule has 0 saturated carbocycles. The van der Waals surface area contributed by atoms with Crippen molar-refractivity contribution in [3.8, 4) is 0 Å². The van der Waals surface area contributed by atoms with Crippen LogP contribution in [-0.2, 0) is 4.79 Å². The van der Waals surface area contributed by atoms with Gasteiger partial charge in [0.15, 0.2) is 0 Å². The first-order valence-electron chi connectivity index (χ1n) is 6.20. The number of carboxylic acid groups (broad SMARTS) is 1. The van der Waals surface area contributed by atoms with Crippen LogP contribution in [0.1, 0.15) is 20.3 Å². The number of carbonyl (C=O) groups is 2. The SMILES string of the molecule is CCC(C)N(CC(=O)O)C(=O)Nc1c(Cl)cc(F)cc1Cl. The quantitative estimate of drug-likeness (QED) is 0.857. The van der Waals surface area contributed by atoms with E-state index in [4.69, 9.17) is 28.3 Å². The van der Waals surface area contributed by atoms with Crippen LogP contribution in [0, 0.1) is 5.82 Å². The fourth-order valence-electron chi connectivity index (χ4n) is 1.63. The molecule has 0 fully saturated rings. The third-order valence-corrected chi connectivity index (χ3v) is 3.52. The van der Waals surface area contributed by atoms with E-state index in [1.165, 1.54) is 0 Å². The fourth-order valence-corrected chi connectivity index (χ4v) is 2.19. The van der Waals surface area contributed by atoms with Crippen molar-refractivity contribution in [2.24, 2.45) is 0 Å². The Kier molecular flexibility index (Phi) is 6.23. The van der Waals surface area contributed by atoms with Crippen LogP contribution in [0.2, 0.25) is 10.0 Å². The van der Waals surface area contributed by atoms with Crippen molar-refractivity contribution in [2.45, 2.75) is 26.3 Å². The highest BCUT2D eigenvalue weighted by Crippen LogP contribution is 2.31. The highest BCUT2D eigenvalue weighted by molar-refractivity contribution is 6.39. The van der Waals surface area contributed by atoms with Crippen molar-refractivity contribution in [3.05, 3.63) is 28.0 Å². The molecule has 0 radical (unpaired) electrons. The maximum atomic E-state index is 13.1. The first-order chi connectivity index (χ1) is 9.76. The van der Waals surface area contributed by atoms with Gasteiger partial charge in [-0.1, -0.05) is 30.1 Å². The second-order valence-electron chi connectivity index (χ2n) is 4.45. The smallest absolute Gasteiger partial charge is 0.323 e. The van der Waals surface area contributed by atoms with E-state index in [1.807, 2.05) is 6.92 Å². The minimum Gasteiger partial charge on any atom is -0.480 e. The lowest BCUT2D eigenvalue weighted by molar-refractivity contribution is -0.138. The molecule has 1 atom stereocenters. The zero-order valence-electron chi connectivity index (χ0n) is 11.5. The Morgan fingerprint density at radius 3 is 2.33 bits per heavy atom. The van der Waals surface area contributed by atoms with Crippen LogP contribution < -0.4 is 5.32 Å². The summed E-state index contributed by atoms with van der Waals surface area (Å²) in [5.74, 6) is -1.77. The van der Waals surface area contributed by atoms with Gasteiger partial charge >= 0.3 is 12.0 Å². The Bertz CT molecular complexity index is 531. The lowest BCUT2D eigenvalue weighted by Gasteiger charge is -2.27. The van der Waals surface area contributed by atoms with E-state index in [1.54, 1.807) is 6.92 Å². The topological polar surface area (TPSA) is 69.6 Å². The van der Waals surface area contributed by atoms with Crippen LogP contribution in [0.3, 0.4) is 0 Å². The number of rotatable bonds is 5. The van der Waals surface area contributed by atoms with Gasteiger partial charge in [-0.15, -0.1) is 0 Å². The molecule has 1 aromatic rings. The van der Waals surface area contributed by atoms with Crippen molar-refractivity contribution in [2.75, 3.05) is 11.9 Å². The number of carbonyl (C=O) groups excluding carboxylic acids is 1. The van der Waals surface area contributed by atoms with E-state index in [0.29, 0.717) is 6.42 Å². The number of halogens is 3. The molecule has 0 aromatic heterocycles. The van der Waals surface area contributed by atoms with Crippen molar-refractivity contribution in [1.29, 1.82) is 0 Å². The summed E-state index contributed by atoms with van der Waals surface area (Å²) in [4.78, 5) is 24.2. The molecule has 0 spiro atoms. The Morgan fingerprint density at radius 1 is 1.38 bits per heavy atom. The molecule has 2 amide bonds. The maximum absolute atomic E-state index is 13.1. The predicted octanol–water partition coefficient (Wildman–Crippen LogP) is 3.85. The predicted molar refractivity (Wildman–Crippen MR) is 79.5 cm³/mol. The van der Waals surface area contributed by atoms with E-state index in [2.05, 4.69) is 5.32 Å². The molecule has 1 aromatic carbocycles. The molecule has 0 heterocycles. The summed E-state index contributed by atoms with van der Waals surface area (Å²) in [5.41, 5.74) is 0.0448. The number of hydrogen-bond acceptors (Lipinski definition) is 2. The van der Waals surface area contributed by atoms with Crippen molar-refractivity contribution in [3.63, 3.8) is 0 Å². The summed E-state index contributed by atoms with van der Waals surface area (Å²) in [7, 11) is 0. The normalized spacial score (nSPS) is 11.9. The summed E-state index contributed by atoms with van der Waals surface area (Å²) < 4.78 is 13.1. The Hall–Kier alpha value is -1.53. The van der Waals surface area contributed by atoms with E-state index in [-0.39, 0.29) is 21.8 Å². The molecule has 0 bridgehead atoms. The second kappa shape index (κ2) is 7.47. The number of benzene rings is 1. The molecule has 1 unspecified atom stereocenters. The van der Waals surface area contributed by atoms with Gasteiger partial charge in [0.25, 0.3) is 0 Å². The van der Waals surface area contributed by atoms with Crippen LogP contribution in [0.4, 0.5) is 14.9 Å². The number of nitrogens with zero attached hydrogens (tertiary/aromatic N) is 1. The fraction of sp³-hybridized carbons (Fsp3) is 0.385. The first kappa shape index (κ1) is 17.5. The number of nitrogens with one attached hydrogen (secondary N) is 1. The van der Waals surface area contributed by atoms with Gasteiger partial charge in [0.1, 0.15) is 12.4 Å². The monoisotopic (exact) mass is 336 g/mol.